The van der Waals surface area contributed by atoms with Crippen molar-refractivity contribution >= 4 is 11.8 Å². The summed E-state index contributed by atoms with van der Waals surface area (Å²) in [7, 11) is 1.44. The van der Waals surface area contributed by atoms with Gasteiger partial charge < -0.3 is 39.0 Å². The normalized spacial score (nSPS) is 20.3. The van der Waals surface area contributed by atoms with Crippen LogP contribution < -0.4 is 18.9 Å². The van der Waals surface area contributed by atoms with Gasteiger partial charge in [-0.25, -0.2) is 0 Å². The van der Waals surface area contributed by atoms with Crippen molar-refractivity contribution in [1.29, 1.82) is 0 Å². The number of aromatic hydroxyl groups is 2. The van der Waals surface area contributed by atoms with Crippen molar-refractivity contribution in [3.63, 3.8) is 0 Å². The third-order valence-electron chi connectivity index (χ3n) is 8.85. The number of Topliss-reactive ketones (excluding diaryl/α,β-unsaturated/α-hetero) is 1. The monoisotopic (exact) mass is 668 g/mol. The molecular formula is C39H40O10. The Hall–Kier alpha value is -5.22. The first-order valence-corrected chi connectivity index (χ1v) is 16.3. The Bertz CT molecular complexity index is 1860. The van der Waals surface area contributed by atoms with Crippen LogP contribution in [0.3, 0.4) is 0 Å². The minimum absolute atomic E-state index is 0.0588. The number of aliphatic hydroxyl groups is 1. The standard InChI is InChI=1S/C39H40O10/c1-20(2)14-23-6-8-24(9-7-23)22(4)39(44)46-19-33-37(25-10-12-27(40)30(17-25)45-5)48-31-18-26(11-13-29(31)47-33)38-36(43)35(42)34-28(41)15-21(3)16-32(34)49-38/h6-13,15-18,20,22,33,36-38,40-41,43H,14,19H2,1-5H3/t22?,33-,36?,37?,38-/m0/s1. The maximum absolute atomic E-state index is 13.2. The van der Waals surface area contributed by atoms with Crippen LogP contribution in [0.1, 0.15) is 77.1 Å². The molecule has 3 N–H and O–H groups in total. The lowest BCUT2D eigenvalue weighted by molar-refractivity contribution is -0.150. The van der Waals surface area contributed by atoms with E-state index in [0.29, 0.717) is 34.1 Å². The zero-order valence-corrected chi connectivity index (χ0v) is 28.0. The fourth-order valence-corrected chi connectivity index (χ4v) is 6.26. The van der Waals surface area contributed by atoms with Crippen LogP contribution in [0.2, 0.25) is 0 Å². The van der Waals surface area contributed by atoms with Crippen LogP contribution in [0.4, 0.5) is 0 Å². The Kier molecular flexibility index (Phi) is 9.43. The lowest BCUT2D eigenvalue weighted by Gasteiger charge is -2.35. The van der Waals surface area contributed by atoms with Crippen LogP contribution in [0, 0.1) is 12.8 Å². The lowest BCUT2D eigenvalue weighted by Crippen LogP contribution is -2.38. The number of aliphatic hydroxyl groups excluding tert-OH is 1. The summed E-state index contributed by atoms with van der Waals surface area (Å²) in [6, 6.07) is 20.7. The lowest BCUT2D eigenvalue weighted by atomic mass is 9.92. The van der Waals surface area contributed by atoms with Crippen molar-refractivity contribution in [2.24, 2.45) is 5.92 Å². The van der Waals surface area contributed by atoms with Crippen LogP contribution in [0.25, 0.3) is 0 Å². The summed E-state index contributed by atoms with van der Waals surface area (Å²) in [6.45, 7) is 7.74. The van der Waals surface area contributed by atoms with Crippen molar-refractivity contribution in [2.45, 2.75) is 64.4 Å². The molecular weight excluding hydrogens is 628 g/mol. The van der Waals surface area contributed by atoms with E-state index >= 15 is 0 Å². The molecule has 2 aliphatic rings. The van der Waals surface area contributed by atoms with Gasteiger partial charge in [-0.05, 0) is 84.8 Å². The van der Waals surface area contributed by atoms with Crippen LogP contribution >= 0.6 is 0 Å². The molecule has 49 heavy (non-hydrogen) atoms. The van der Waals surface area contributed by atoms with E-state index in [-0.39, 0.29) is 35.2 Å². The van der Waals surface area contributed by atoms with Gasteiger partial charge in [-0.15, -0.1) is 0 Å². The molecule has 3 unspecified atom stereocenters. The number of ether oxygens (including phenoxy) is 5. The number of hydrogen-bond acceptors (Lipinski definition) is 10. The summed E-state index contributed by atoms with van der Waals surface area (Å²) < 4.78 is 30.0. The molecule has 0 bridgehead atoms. The molecule has 0 spiro atoms. The van der Waals surface area contributed by atoms with Gasteiger partial charge in [0.15, 0.2) is 47.4 Å². The molecule has 2 aliphatic heterocycles. The van der Waals surface area contributed by atoms with Gasteiger partial charge in [0.2, 0.25) is 5.78 Å². The van der Waals surface area contributed by atoms with E-state index < -0.39 is 42.1 Å². The number of phenolic OH excluding ortho intramolecular Hbond substituents is 2. The number of carbonyl (C=O) groups excluding carboxylic acids is 2. The number of benzene rings is 4. The summed E-state index contributed by atoms with van der Waals surface area (Å²) in [5.74, 6) is -0.334. The fraction of sp³-hybridized carbons (Fsp3) is 0.333. The van der Waals surface area contributed by atoms with Crippen molar-refractivity contribution in [2.75, 3.05) is 13.7 Å². The maximum Gasteiger partial charge on any atom is 0.313 e. The second-order valence-electron chi connectivity index (χ2n) is 13.0. The van der Waals surface area contributed by atoms with Gasteiger partial charge in [-0.3, -0.25) is 9.59 Å². The third kappa shape index (κ3) is 6.87. The number of esters is 1. The number of methoxy groups -OCH3 is 1. The first kappa shape index (κ1) is 33.7. The minimum Gasteiger partial charge on any atom is -0.507 e. The number of phenols is 2. The first-order valence-electron chi connectivity index (χ1n) is 16.3. The summed E-state index contributed by atoms with van der Waals surface area (Å²) in [6.07, 6.45) is -3.30. The zero-order chi connectivity index (χ0) is 35.0. The highest BCUT2D eigenvalue weighted by atomic mass is 16.6. The number of rotatable bonds is 9. The minimum atomic E-state index is -1.58. The molecule has 5 atom stereocenters. The summed E-state index contributed by atoms with van der Waals surface area (Å²) in [4.78, 5) is 26.3. The zero-order valence-electron chi connectivity index (χ0n) is 28.0. The number of fused-ring (bicyclic) bond motifs is 2. The van der Waals surface area contributed by atoms with E-state index in [9.17, 15) is 24.9 Å². The van der Waals surface area contributed by atoms with Gasteiger partial charge in [0, 0.05) is 5.56 Å². The molecule has 2 heterocycles. The van der Waals surface area contributed by atoms with E-state index in [1.165, 1.54) is 24.8 Å². The molecule has 0 radical (unpaired) electrons. The summed E-state index contributed by atoms with van der Waals surface area (Å²) in [5.41, 5.74) is 3.70. The average Bonchev–Trinajstić information content (AvgIpc) is 3.07. The number of hydrogen-bond donors (Lipinski definition) is 3. The van der Waals surface area contributed by atoms with E-state index in [4.69, 9.17) is 23.7 Å². The first-order chi connectivity index (χ1) is 23.4. The molecule has 0 fully saturated rings. The van der Waals surface area contributed by atoms with E-state index in [2.05, 4.69) is 13.8 Å². The molecule has 10 heteroatoms. The Morgan fingerprint density at radius 2 is 1.51 bits per heavy atom. The van der Waals surface area contributed by atoms with Crippen molar-refractivity contribution in [1.82, 2.24) is 0 Å². The molecule has 0 aliphatic carbocycles. The molecule has 0 aromatic heterocycles. The Morgan fingerprint density at radius 1 is 0.816 bits per heavy atom. The molecule has 0 amide bonds. The van der Waals surface area contributed by atoms with Crippen molar-refractivity contribution in [3.8, 4) is 34.5 Å². The largest absolute Gasteiger partial charge is 0.507 e. The molecule has 10 nitrogen and oxygen atoms in total. The number of carbonyl (C=O) groups is 2. The van der Waals surface area contributed by atoms with E-state index in [1.54, 1.807) is 50.2 Å². The predicted molar refractivity (Wildman–Crippen MR) is 180 cm³/mol. The molecule has 6 rings (SSSR count). The SMILES string of the molecule is COc1cc(C2Oc3cc([C@@H]4Oc5cc(C)cc(O)c5C(=O)C4O)ccc3O[C@H]2COC(=O)C(C)c2ccc(CC(C)C)cc2)ccc1O. The van der Waals surface area contributed by atoms with Crippen LogP contribution in [0.15, 0.2) is 72.8 Å². The molecule has 0 saturated carbocycles. The van der Waals surface area contributed by atoms with Crippen molar-refractivity contribution < 1.29 is 48.6 Å². The topological polar surface area (TPSA) is 141 Å². The highest BCUT2D eigenvalue weighted by Crippen LogP contribution is 2.45. The maximum atomic E-state index is 13.2. The highest BCUT2D eigenvalue weighted by molar-refractivity contribution is 6.05. The molecule has 256 valence electrons. The van der Waals surface area contributed by atoms with Crippen LogP contribution in [0.5, 0.6) is 34.5 Å². The fourth-order valence-electron chi connectivity index (χ4n) is 6.26. The summed E-state index contributed by atoms with van der Waals surface area (Å²) in [5, 5.41) is 31.5. The quantitative estimate of drug-likeness (QED) is 0.169. The Morgan fingerprint density at radius 3 is 2.22 bits per heavy atom. The van der Waals surface area contributed by atoms with Crippen LogP contribution in [-0.2, 0) is 16.0 Å². The summed E-state index contributed by atoms with van der Waals surface area (Å²) >= 11 is 0. The smallest absolute Gasteiger partial charge is 0.313 e. The number of aryl methyl sites for hydroxylation is 1. The average molecular weight is 669 g/mol. The second kappa shape index (κ2) is 13.7. The molecule has 0 saturated heterocycles. The van der Waals surface area contributed by atoms with Crippen molar-refractivity contribution in [3.05, 3.63) is 106 Å². The van der Waals surface area contributed by atoms with Crippen LogP contribution in [-0.4, -0.2) is 53.0 Å². The van der Waals surface area contributed by atoms with Gasteiger partial charge in [0.05, 0.1) is 13.0 Å². The van der Waals surface area contributed by atoms with Gasteiger partial charge in [-0.1, -0.05) is 50.2 Å². The number of ketones is 1. The Balaban J connectivity index is 1.25. The third-order valence-corrected chi connectivity index (χ3v) is 8.85. The highest BCUT2D eigenvalue weighted by Gasteiger charge is 2.41. The van der Waals surface area contributed by atoms with Gasteiger partial charge in [0.1, 0.15) is 23.7 Å². The van der Waals surface area contributed by atoms with Gasteiger partial charge in [-0.2, -0.15) is 0 Å². The molecule has 4 aromatic rings. The predicted octanol–water partition coefficient (Wildman–Crippen LogP) is 6.52. The van der Waals surface area contributed by atoms with E-state index in [0.717, 1.165) is 12.0 Å². The Labute approximate surface area is 284 Å². The molecule has 4 aromatic carbocycles. The van der Waals surface area contributed by atoms with Gasteiger partial charge >= 0.3 is 5.97 Å². The van der Waals surface area contributed by atoms with Gasteiger partial charge in [0.25, 0.3) is 0 Å². The van der Waals surface area contributed by atoms with E-state index in [1.807, 2.05) is 24.3 Å². The second-order valence-corrected chi connectivity index (χ2v) is 13.0.